The minimum atomic E-state index is -0.575. The smallest absolute Gasteiger partial charge is 0.335 e. The Hall–Kier alpha value is -2.14. The van der Waals surface area contributed by atoms with Crippen LogP contribution in [-0.2, 0) is 19.1 Å². The first-order valence-corrected chi connectivity index (χ1v) is 9.09. The number of piperidine rings is 1. The fourth-order valence-electron chi connectivity index (χ4n) is 4.64. The zero-order valence-corrected chi connectivity index (χ0v) is 16.0. The van der Waals surface area contributed by atoms with Gasteiger partial charge in [-0.3, -0.25) is 9.69 Å². The summed E-state index contributed by atoms with van der Waals surface area (Å²) in [7, 11) is 1.41. The Labute approximate surface area is 154 Å². The largest absolute Gasteiger partial charge is 0.466 e. The molecule has 0 spiro atoms. The van der Waals surface area contributed by atoms with E-state index in [9.17, 15) is 9.59 Å². The quantitative estimate of drug-likeness (QED) is 0.781. The predicted molar refractivity (Wildman–Crippen MR) is 97.3 cm³/mol. The second-order valence-corrected chi connectivity index (χ2v) is 8.57. The molecular formula is C21H25NO4. The number of esters is 2. The van der Waals surface area contributed by atoms with Crippen LogP contribution in [0.25, 0.3) is 5.57 Å². The summed E-state index contributed by atoms with van der Waals surface area (Å²) in [6.07, 6.45) is 1.32. The number of aryl methyl sites for hydroxylation is 1. The van der Waals surface area contributed by atoms with Gasteiger partial charge in [-0.25, -0.2) is 4.79 Å². The summed E-state index contributed by atoms with van der Waals surface area (Å²) in [6, 6.07) is 8.22. The lowest BCUT2D eigenvalue weighted by Crippen LogP contribution is -2.80. The van der Waals surface area contributed by atoms with Gasteiger partial charge in [0.05, 0.1) is 12.7 Å². The molecule has 0 aromatic heterocycles. The molecule has 0 saturated carbocycles. The number of methoxy groups -OCH3 is 1. The average molecular weight is 355 g/mol. The van der Waals surface area contributed by atoms with Crippen molar-refractivity contribution >= 4 is 17.5 Å². The summed E-state index contributed by atoms with van der Waals surface area (Å²) in [5.74, 6) is -0.468. The molecule has 0 radical (unpaired) electrons. The molecule has 3 atom stereocenters. The molecule has 5 nitrogen and oxygen atoms in total. The molecule has 0 N–H and O–H groups in total. The minimum Gasteiger partial charge on any atom is -0.466 e. The number of hydrogen-bond acceptors (Lipinski definition) is 5. The van der Waals surface area contributed by atoms with Crippen LogP contribution in [0, 0.1) is 6.92 Å². The second kappa shape index (κ2) is 5.43. The first-order chi connectivity index (χ1) is 12.2. The molecule has 4 rings (SSSR count). The number of hydrogen-bond donors (Lipinski definition) is 0. The van der Waals surface area contributed by atoms with Crippen LogP contribution in [0.5, 0.6) is 0 Å². The van der Waals surface area contributed by atoms with Crippen LogP contribution in [0.1, 0.15) is 44.7 Å². The first kappa shape index (κ1) is 17.3. The van der Waals surface area contributed by atoms with Crippen LogP contribution >= 0.6 is 0 Å². The third-order valence-corrected chi connectivity index (χ3v) is 5.73. The van der Waals surface area contributed by atoms with Crippen molar-refractivity contribution in [3.63, 3.8) is 0 Å². The predicted octanol–water partition coefficient (Wildman–Crippen LogP) is 2.86. The Morgan fingerprint density at radius 3 is 2.31 bits per heavy atom. The third kappa shape index (κ3) is 2.26. The van der Waals surface area contributed by atoms with Gasteiger partial charge in [0.1, 0.15) is 11.1 Å². The average Bonchev–Trinajstić information content (AvgIpc) is 2.66. The lowest BCUT2D eigenvalue weighted by atomic mass is 9.66. The van der Waals surface area contributed by atoms with Crippen LogP contribution < -0.4 is 0 Å². The highest BCUT2D eigenvalue weighted by molar-refractivity contribution is 6.05. The highest BCUT2D eigenvalue weighted by atomic mass is 16.6. The Morgan fingerprint density at radius 2 is 1.73 bits per heavy atom. The number of ether oxygens (including phenoxy) is 2. The van der Waals surface area contributed by atoms with Crippen LogP contribution in [0.4, 0.5) is 0 Å². The lowest BCUT2D eigenvalue weighted by Gasteiger charge is -2.65. The van der Waals surface area contributed by atoms with Crippen molar-refractivity contribution in [2.75, 3.05) is 7.11 Å². The molecule has 138 valence electrons. The van der Waals surface area contributed by atoms with E-state index in [0.29, 0.717) is 18.4 Å². The molecule has 26 heavy (non-hydrogen) atoms. The molecule has 5 heteroatoms. The van der Waals surface area contributed by atoms with Crippen LogP contribution in [0.3, 0.4) is 0 Å². The van der Waals surface area contributed by atoms with E-state index in [0.717, 1.165) is 11.1 Å². The summed E-state index contributed by atoms with van der Waals surface area (Å²) >= 11 is 0. The normalized spacial score (nSPS) is 29.6. The highest BCUT2D eigenvalue weighted by Crippen LogP contribution is 2.63. The fraction of sp³-hybridized carbons (Fsp3) is 0.524. The molecule has 2 fully saturated rings. The van der Waals surface area contributed by atoms with E-state index in [2.05, 4.69) is 4.90 Å². The number of nitrogens with zero attached hydrogens (tertiary/aromatic N) is 1. The van der Waals surface area contributed by atoms with E-state index in [4.69, 9.17) is 9.47 Å². The van der Waals surface area contributed by atoms with E-state index < -0.39 is 11.1 Å². The summed E-state index contributed by atoms with van der Waals surface area (Å²) in [5.41, 5.74) is 2.84. The van der Waals surface area contributed by atoms with Crippen molar-refractivity contribution in [2.24, 2.45) is 0 Å². The Kier molecular flexibility index (Phi) is 3.61. The molecule has 3 heterocycles. The molecule has 3 aliphatic heterocycles. The van der Waals surface area contributed by atoms with Crippen molar-refractivity contribution in [2.45, 2.75) is 63.8 Å². The number of carbonyl (C=O) groups excluding carboxylic acids is 2. The number of benzene rings is 1. The van der Waals surface area contributed by atoms with E-state index in [1.54, 1.807) is 0 Å². The molecule has 1 aromatic carbocycles. The van der Waals surface area contributed by atoms with Crippen molar-refractivity contribution in [3.05, 3.63) is 41.0 Å². The third-order valence-electron chi connectivity index (χ3n) is 5.73. The molecule has 3 unspecified atom stereocenters. The van der Waals surface area contributed by atoms with Gasteiger partial charge >= 0.3 is 11.9 Å². The van der Waals surface area contributed by atoms with Gasteiger partial charge in [-0.05, 0) is 51.7 Å². The first-order valence-electron chi connectivity index (χ1n) is 9.09. The second-order valence-electron chi connectivity index (χ2n) is 8.57. The van der Waals surface area contributed by atoms with Crippen LogP contribution in [0.15, 0.2) is 29.8 Å². The summed E-state index contributed by atoms with van der Waals surface area (Å²) in [6.45, 7) is 7.69. The van der Waals surface area contributed by atoms with E-state index >= 15 is 0 Å². The molecular weight excluding hydrogens is 330 g/mol. The maximum atomic E-state index is 12.8. The van der Waals surface area contributed by atoms with Crippen LogP contribution in [0.2, 0.25) is 0 Å². The van der Waals surface area contributed by atoms with E-state index in [1.807, 2.05) is 52.0 Å². The number of carbonyl (C=O) groups is 2. The van der Waals surface area contributed by atoms with E-state index in [1.165, 1.54) is 12.7 Å². The van der Waals surface area contributed by atoms with Gasteiger partial charge in [0, 0.05) is 12.1 Å². The Morgan fingerprint density at radius 1 is 1.12 bits per heavy atom. The Bertz CT molecular complexity index is 817. The maximum Gasteiger partial charge on any atom is 0.335 e. The summed E-state index contributed by atoms with van der Waals surface area (Å²) < 4.78 is 10.7. The van der Waals surface area contributed by atoms with Crippen LogP contribution in [-0.4, -0.2) is 47.2 Å². The topological polar surface area (TPSA) is 55.8 Å². The van der Waals surface area contributed by atoms with Crippen molar-refractivity contribution in [1.82, 2.24) is 4.90 Å². The van der Waals surface area contributed by atoms with Gasteiger partial charge in [-0.1, -0.05) is 29.8 Å². The fourth-order valence-corrected chi connectivity index (χ4v) is 4.64. The van der Waals surface area contributed by atoms with Crippen molar-refractivity contribution in [3.8, 4) is 0 Å². The zero-order valence-electron chi connectivity index (χ0n) is 16.0. The maximum absolute atomic E-state index is 12.8. The summed E-state index contributed by atoms with van der Waals surface area (Å²) in [4.78, 5) is 27.4. The molecule has 3 aliphatic rings. The monoisotopic (exact) mass is 355 g/mol. The van der Waals surface area contributed by atoms with Gasteiger partial charge in [0.15, 0.2) is 0 Å². The molecule has 0 amide bonds. The minimum absolute atomic E-state index is 0.0509. The van der Waals surface area contributed by atoms with E-state index in [-0.39, 0.29) is 24.0 Å². The van der Waals surface area contributed by atoms with Gasteiger partial charge in [-0.2, -0.15) is 0 Å². The summed E-state index contributed by atoms with van der Waals surface area (Å²) in [5, 5.41) is 0. The molecule has 2 saturated heterocycles. The van der Waals surface area contributed by atoms with Gasteiger partial charge in [-0.15, -0.1) is 0 Å². The van der Waals surface area contributed by atoms with Crippen molar-refractivity contribution < 1.29 is 19.1 Å². The lowest BCUT2D eigenvalue weighted by molar-refractivity contribution is -0.212. The van der Waals surface area contributed by atoms with Crippen molar-refractivity contribution in [1.29, 1.82) is 0 Å². The molecule has 0 aliphatic carbocycles. The Balaban J connectivity index is 1.68. The number of rotatable bonds is 3. The SMILES string of the molecule is COC(=O)C1=C(c2ccc(C)cc2)C2CC3(C(=O)OC(C)(C)C)CC1N23. The highest BCUT2D eigenvalue weighted by Gasteiger charge is 2.74. The van der Waals surface area contributed by atoms with Gasteiger partial charge in [0.2, 0.25) is 0 Å². The zero-order chi connectivity index (χ0) is 18.9. The molecule has 1 aromatic rings. The van der Waals surface area contributed by atoms with Gasteiger partial charge < -0.3 is 9.47 Å². The van der Waals surface area contributed by atoms with Gasteiger partial charge in [0.25, 0.3) is 0 Å². The molecule has 0 bridgehead atoms. The standard InChI is InChI=1S/C21H25NO4/c1-12-6-8-13(9-7-12)16-14-10-21(19(24)26-20(2,3)4)11-15(22(14)21)17(16)18(23)25-5/h6-9,14-15H,10-11H2,1-5H3.